The number of carbonyl (C=O) groups is 3. The van der Waals surface area contributed by atoms with E-state index in [1.807, 2.05) is 30.3 Å². The van der Waals surface area contributed by atoms with E-state index >= 15 is 0 Å². The first-order valence-corrected chi connectivity index (χ1v) is 15.2. The summed E-state index contributed by atoms with van der Waals surface area (Å²) < 4.78 is 3.09. The van der Waals surface area contributed by atoms with E-state index in [9.17, 15) is 19.2 Å². The number of fused-ring (bicyclic) bond motifs is 3. The second-order valence-electron chi connectivity index (χ2n) is 11.4. The second kappa shape index (κ2) is 12.8. The van der Waals surface area contributed by atoms with Crippen molar-refractivity contribution in [3.05, 3.63) is 94.1 Å². The summed E-state index contributed by atoms with van der Waals surface area (Å²) in [4.78, 5) is 66.6. The number of nitrogens with one attached hydrogen (secondary N) is 1. The largest absolute Gasteiger partial charge is 0.344 e. The normalized spacial score (nSPS) is 20.0. The summed E-state index contributed by atoms with van der Waals surface area (Å²) in [5, 5.41) is 7.83. The molecule has 2 atom stereocenters. The lowest BCUT2D eigenvalue weighted by molar-refractivity contribution is -0.142. The molecule has 5 heterocycles. The summed E-state index contributed by atoms with van der Waals surface area (Å²) >= 11 is 0. The van der Waals surface area contributed by atoms with Crippen LogP contribution in [0.15, 0.2) is 65.7 Å². The summed E-state index contributed by atoms with van der Waals surface area (Å²) in [5.74, 6) is 0.361. The predicted octanol–water partition coefficient (Wildman–Crippen LogP) is 2.31. The summed E-state index contributed by atoms with van der Waals surface area (Å²) in [5.41, 5.74) is 0.978. The number of carbonyl (C=O) groups excluding carboxylic acids is 3. The Bertz CT molecular complexity index is 1730. The maximum atomic E-state index is 13.9. The van der Waals surface area contributed by atoms with Gasteiger partial charge in [-0.2, -0.15) is 5.10 Å². The molecule has 3 aromatic heterocycles. The molecule has 3 amide bonds. The minimum Gasteiger partial charge on any atom is -0.344 e. The number of amides is 3. The van der Waals surface area contributed by atoms with Crippen LogP contribution < -0.4 is 10.9 Å². The number of benzene rings is 1. The first-order chi connectivity index (χ1) is 21.4. The molecule has 1 aromatic carbocycles. The quantitative estimate of drug-likeness (QED) is 0.384. The van der Waals surface area contributed by atoms with Gasteiger partial charge in [0.15, 0.2) is 0 Å². The van der Waals surface area contributed by atoms with Gasteiger partial charge < -0.3 is 15.1 Å². The maximum Gasteiger partial charge on any atom is 0.270 e. The van der Waals surface area contributed by atoms with Gasteiger partial charge in [-0.15, -0.1) is 0 Å². The zero-order chi connectivity index (χ0) is 30.6. The number of nitrogens with zero attached hydrogens (tertiary/aromatic N) is 7. The Morgan fingerprint density at radius 2 is 1.77 bits per heavy atom. The molecule has 0 saturated carbocycles. The molecule has 44 heavy (non-hydrogen) atoms. The highest BCUT2D eigenvalue weighted by Crippen LogP contribution is 2.23. The molecule has 228 valence electrons. The molecule has 12 heteroatoms. The summed E-state index contributed by atoms with van der Waals surface area (Å²) in [6.07, 6.45) is 6.24. The maximum absolute atomic E-state index is 13.9. The number of piperidine rings is 1. The molecule has 0 unspecified atom stereocenters. The average molecular weight is 597 g/mol. The number of pyridine rings is 1. The third-order valence-electron chi connectivity index (χ3n) is 8.37. The molecule has 12 nitrogen and oxygen atoms in total. The Morgan fingerprint density at radius 3 is 2.61 bits per heavy atom. The van der Waals surface area contributed by atoms with Crippen LogP contribution in [0.3, 0.4) is 0 Å². The fraction of sp³-hybridized carbons (Fsp3) is 0.406. The van der Waals surface area contributed by atoms with Crippen LogP contribution in [0, 0.1) is 6.92 Å². The van der Waals surface area contributed by atoms with Crippen LogP contribution in [-0.2, 0) is 22.6 Å². The highest BCUT2D eigenvalue weighted by molar-refractivity contribution is 5.94. The highest BCUT2D eigenvalue weighted by atomic mass is 16.2. The minimum absolute atomic E-state index is 0.0403. The molecule has 0 bridgehead atoms. The van der Waals surface area contributed by atoms with Gasteiger partial charge in [-0.25, -0.2) is 14.6 Å². The van der Waals surface area contributed by atoms with Gasteiger partial charge in [-0.1, -0.05) is 36.4 Å². The van der Waals surface area contributed by atoms with Crippen LogP contribution in [0.25, 0.3) is 5.65 Å². The number of aryl methyl sites for hydroxylation is 1. The third kappa shape index (κ3) is 6.10. The Balaban J connectivity index is 1.36. The SMILES string of the molecule is Cc1nc2n(n1)CCN(C(=O)c1cnc3ccccn3c1=O)CCCC(=O)N1CCCC[C@H]1C(=O)N[C@@H]2Cc1ccccc1. The molecule has 0 spiro atoms. The first-order valence-electron chi connectivity index (χ1n) is 15.2. The fourth-order valence-corrected chi connectivity index (χ4v) is 6.16. The third-order valence-corrected chi connectivity index (χ3v) is 8.37. The standard InChI is InChI=1S/C32H36N8O4/c1-22-34-29-25(20-23-10-3-2-4-11-23)35-30(42)26-12-5-7-16-38(26)28(41)14-9-15-37(18-19-40(29)36-22)31(43)24-21-33-27-13-6-8-17-39(27)32(24)44/h2-4,6,8,10-11,13,17,21,25-26H,5,7,9,12,14-16,18-20H2,1H3,(H,35,42)/t25-,26+/m1/s1. The minimum atomic E-state index is -0.573. The molecule has 1 saturated heterocycles. The average Bonchev–Trinajstić information content (AvgIpc) is 3.42. The van der Waals surface area contributed by atoms with Crippen molar-refractivity contribution in [2.45, 2.75) is 64.1 Å². The van der Waals surface area contributed by atoms with E-state index in [2.05, 4.69) is 15.4 Å². The van der Waals surface area contributed by atoms with Gasteiger partial charge in [0.25, 0.3) is 11.5 Å². The lowest BCUT2D eigenvalue weighted by Crippen LogP contribution is -2.53. The van der Waals surface area contributed by atoms with Crippen molar-refractivity contribution >= 4 is 23.4 Å². The molecular formula is C32H36N8O4. The number of hydrogen-bond donors (Lipinski definition) is 1. The van der Waals surface area contributed by atoms with E-state index < -0.39 is 23.6 Å². The highest BCUT2D eigenvalue weighted by Gasteiger charge is 2.34. The molecule has 6 rings (SSSR count). The van der Waals surface area contributed by atoms with Crippen LogP contribution in [0.4, 0.5) is 0 Å². The first kappa shape index (κ1) is 29.2. The van der Waals surface area contributed by atoms with E-state index in [1.165, 1.54) is 10.6 Å². The molecule has 4 aromatic rings. The fourth-order valence-electron chi connectivity index (χ4n) is 6.16. The Labute approximate surface area is 254 Å². The van der Waals surface area contributed by atoms with E-state index in [0.717, 1.165) is 18.4 Å². The van der Waals surface area contributed by atoms with Gasteiger partial charge in [0.2, 0.25) is 11.8 Å². The molecular weight excluding hydrogens is 560 g/mol. The van der Waals surface area contributed by atoms with Crippen molar-refractivity contribution in [2.75, 3.05) is 19.6 Å². The Hall–Kier alpha value is -4.87. The van der Waals surface area contributed by atoms with Crippen LogP contribution in [0.2, 0.25) is 0 Å². The molecule has 0 aliphatic carbocycles. The lowest BCUT2D eigenvalue weighted by atomic mass is 9.99. The van der Waals surface area contributed by atoms with Crippen molar-refractivity contribution < 1.29 is 14.4 Å². The van der Waals surface area contributed by atoms with Gasteiger partial charge in [-0.3, -0.25) is 23.6 Å². The topological polar surface area (TPSA) is 135 Å². The van der Waals surface area contributed by atoms with Crippen molar-refractivity contribution in [3.8, 4) is 0 Å². The summed E-state index contributed by atoms with van der Waals surface area (Å²) in [6, 6.07) is 14.0. The van der Waals surface area contributed by atoms with Crippen molar-refractivity contribution in [1.29, 1.82) is 0 Å². The molecule has 0 radical (unpaired) electrons. The van der Waals surface area contributed by atoms with Crippen LogP contribution >= 0.6 is 0 Å². The summed E-state index contributed by atoms with van der Waals surface area (Å²) in [6.45, 7) is 3.06. The molecule has 2 aliphatic heterocycles. The van der Waals surface area contributed by atoms with Crippen molar-refractivity contribution in [1.82, 2.24) is 39.3 Å². The van der Waals surface area contributed by atoms with Gasteiger partial charge in [-0.05, 0) is 56.7 Å². The molecule has 1 fully saturated rings. The Kier molecular flexibility index (Phi) is 8.49. The van der Waals surface area contributed by atoms with Crippen LogP contribution in [0.1, 0.15) is 65.7 Å². The van der Waals surface area contributed by atoms with Crippen LogP contribution in [0.5, 0.6) is 0 Å². The molecule has 1 N–H and O–H groups in total. The van der Waals surface area contributed by atoms with E-state index in [1.54, 1.807) is 45.8 Å². The number of aromatic nitrogens is 5. The van der Waals surface area contributed by atoms with Crippen molar-refractivity contribution in [2.24, 2.45) is 0 Å². The van der Waals surface area contributed by atoms with Crippen LogP contribution in [-0.4, -0.2) is 77.3 Å². The summed E-state index contributed by atoms with van der Waals surface area (Å²) in [7, 11) is 0. The second-order valence-corrected chi connectivity index (χ2v) is 11.4. The van der Waals surface area contributed by atoms with Gasteiger partial charge in [0.1, 0.15) is 28.9 Å². The predicted molar refractivity (Wildman–Crippen MR) is 162 cm³/mol. The van der Waals surface area contributed by atoms with Gasteiger partial charge in [0, 0.05) is 38.4 Å². The van der Waals surface area contributed by atoms with E-state index in [4.69, 9.17) is 4.98 Å². The zero-order valence-corrected chi connectivity index (χ0v) is 24.8. The number of hydrogen-bond acceptors (Lipinski definition) is 7. The smallest absolute Gasteiger partial charge is 0.270 e. The zero-order valence-electron chi connectivity index (χ0n) is 24.8. The lowest BCUT2D eigenvalue weighted by Gasteiger charge is -2.36. The van der Waals surface area contributed by atoms with Gasteiger partial charge in [0.05, 0.1) is 12.6 Å². The Morgan fingerprint density at radius 1 is 0.955 bits per heavy atom. The van der Waals surface area contributed by atoms with E-state index in [-0.39, 0.29) is 43.4 Å². The van der Waals surface area contributed by atoms with Gasteiger partial charge >= 0.3 is 0 Å². The van der Waals surface area contributed by atoms with E-state index in [0.29, 0.717) is 43.1 Å². The van der Waals surface area contributed by atoms with Crippen molar-refractivity contribution in [3.63, 3.8) is 0 Å². The molecule has 2 aliphatic rings. The monoisotopic (exact) mass is 596 g/mol. The number of rotatable bonds is 3.